The summed E-state index contributed by atoms with van der Waals surface area (Å²) in [5.41, 5.74) is 0.211. The molecule has 0 aliphatic heterocycles. The van der Waals surface area contributed by atoms with E-state index in [1.54, 1.807) is 24.3 Å². The zero-order valence-corrected chi connectivity index (χ0v) is 16.6. The lowest BCUT2D eigenvalue weighted by Crippen LogP contribution is -2.15. The Morgan fingerprint density at radius 1 is 0.594 bits per heavy atom. The van der Waals surface area contributed by atoms with Crippen molar-refractivity contribution in [3.05, 3.63) is 108 Å². The number of benzene rings is 4. The number of nitrogens with one attached hydrogen (secondary N) is 2. The topological polar surface area (TPSA) is 58.2 Å². The molecule has 0 radical (unpaired) electrons. The lowest BCUT2D eigenvalue weighted by atomic mass is 10.1. The molecule has 0 heterocycles. The van der Waals surface area contributed by atoms with Gasteiger partial charge in [-0.3, -0.25) is 9.59 Å². The highest BCUT2D eigenvalue weighted by Gasteiger charge is 2.30. The fourth-order valence-electron chi connectivity index (χ4n) is 3.25. The van der Waals surface area contributed by atoms with E-state index < -0.39 is 17.6 Å². The van der Waals surface area contributed by atoms with Crippen LogP contribution in [-0.2, 0) is 6.18 Å². The summed E-state index contributed by atoms with van der Waals surface area (Å²) in [7, 11) is 0. The summed E-state index contributed by atoms with van der Waals surface area (Å²) in [6, 6.07) is 23.6. The van der Waals surface area contributed by atoms with E-state index >= 15 is 0 Å². The van der Waals surface area contributed by atoms with E-state index in [1.807, 2.05) is 30.3 Å². The number of halogens is 3. The maximum absolute atomic E-state index is 12.9. The molecule has 7 heteroatoms. The highest BCUT2D eigenvalue weighted by Crippen LogP contribution is 2.30. The SMILES string of the molecule is O=C(Nc1cccc(C(F)(F)F)c1)c1cccc(NC(=O)c2ccc3ccccc3c2)c1. The summed E-state index contributed by atoms with van der Waals surface area (Å²) in [5, 5.41) is 7.13. The lowest BCUT2D eigenvalue weighted by Gasteiger charge is -2.11. The van der Waals surface area contributed by atoms with Gasteiger partial charge in [-0.15, -0.1) is 0 Å². The van der Waals surface area contributed by atoms with Crippen LogP contribution in [0.3, 0.4) is 0 Å². The summed E-state index contributed by atoms with van der Waals surface area (Å²) in [6.45, 7) is 0. The number of anilines is 2. The predicted octanol–water partition coefficient (Wildman–Crippen LogP) is 6.36. The van der Waals surface area contributed by atoms with Gasteiger partial charge in [-0.05, 0) is 59.3 Å². The lowest BCUT2D eigenvalue weighted by molar-refractivity contribution is -0.137. The van der Waals surface area contributed by atoms with Gasteiger partial charge in [-0.2, -0.15) is 13.2 Å². The maximum Gasteiger partial charge on any atom is 0.416 e. The fourth-order valence-corrected chi connectivity index (χ4v) is 3.25. The molecule has 4 rings (SSSR count). The molecule has 2 amide bonds. The van der Waals surface area contributed by atoms with Gasteiger partial charge < -0.3 is 10.6 Å². The van der Waals surface area contributed by atoms with Crippen molar-refractivity contribution in [1.29, 1.82) is 0 Å². The normalized spacial score (nSPS) is 11.2. The van der Waals surface area contributed by atoms with Gasteiger partial charge in [0.1, 0.15) is 0 Å². The number of carbonyl (C=O) groups excluding carboxylic acids is 2. The zero-order chi connectivity index (χ0) is 22.7. The molecular weight excluding hydrogens is 417 g/mol. The third kappa shape index (κ3) is 4.78. The molecule has 0 bridgehead atoms. The number of hydrogen-bond acceptors (Lipinski definition) is 2. The first-order valence-corrected chi connectivity index (χ1v) is 9.68. The van der Waals surface area contributed by atoms with E-state index in [1.165, 1.54) is 24.3 Å². The smallest absolute Gasteiger partial charge is 0.322 e. The number of carbonyl (C=O) groups is 2. The van der Waals surface area contributed by atoms with Crippen molar-refractivity contribution < 1.29 is 22.8 Å². The second-order valence-electron chi connectivity index (χ2n) is 7.13. The van der Waals surface area contributed by atoms with Crippen LogP contribution in [0.2, 0.25) is 0 Å². The van der Waals surface area contributed by atoms with Crippen LogP contribution in [0.4, 0.5) is 24.5 Å². The van der Waals surface area contributed by atoms with E-state index in [9.17, 15) is 22.8 Å². The van der Waals surface area contributed by atoms with Crippen molar-refractivity contribution in [2.45, 2.75) is 6.18 Å². The van der Waals surface area contributed by atoms with Crippen LogP contribution in [0.5, 0.6) is 0 Å². The molecule has 0 unspecified atom stereocenters. The van der Waals surface area contributed by atoms with Crippen LogP contribution in [0, 0.1) is 0 Å². The maximum atomic E-state index is 12.9. The van der Waals surface area contributed by atoms with Crippen molar-refractivity contribution in [3.8, 4) is 0 Å². The van der Waals surface area contributed by atoms with E-state index in [0.717, 1.165) is 22.9 Å². The minimum Gasteiger partial charge on any atom is -0.322 e. The van der Waals surface area contributed by atoms with Crippen molar-refractivity contribution in [2.24, 2.45) is 0 Å². The van der Waals surface area contributed by atoms with E-state index in [4.69, 9.17) is 0 Å². The van der Waals surface area contributed by atoms with E-state index in [2.05, 4.69) is 10.6 Å². The highest BCUT2D eigenvalue weighted by molar-refractivity contribution is 6.08. The molecule has 0 spiro atoms. The van der Waals surface area contributed by atoms with Crippen LogP contribution in [0.1, 0.15) is 26.3 Å². The largest absolute Gasteiger partial charge is 0.416 e. The Kier molecular flexibility index (Phi) is 5.64. The molecular formula is C25H17F3N2O2. The van der Waals surface area contributed by atoms with Gasteiger partial charge in [0.15, 0.2) is 0 Å². The Bertz CT molecular complexity index is 1320. The third-order valence-corrected chi connectivity index (χ3v) is 4.84. The first kappa shape index (κ1) is 21.1. The second-order valence-corrected chi connectivity index (χ2v) is 7.13. The van der Waals surface area contributed by atoms with Crippen molar-refractivity contribution >= 4 is 34.0 Å². The molecule has 4 aromatic rings. The van der Waals surface area contributed by atoms with Crippen LogP contribution in [0.15, 0.2) is 91.0 Å². The Morgan fingerprint density at radius 3 is 1.88 bits per heavy atom. The van der Waals surface area contributed by atoms with E-state index in [0.29, 0.717) is 11.3 Å². The molecule has 160 valence electrons. The molecule has 0 aromatic heterocycles. The third-order valence-electron chi connectivity index (χ3n) is 4.84. The summed E-state index contributed by atoms with van der Waals surface area (Å²) >= 11 is 0. The Labute approximate surface area is 181 Å². The zero-order valence-electron chi connectivity index (χ0n) is 16.6. The number of hydrogen-bond donors (Lipinski definition) is 2. The minimum absolute atomic E-state index is 0.0235. The average Bonchev–Trinajstić information content (AvgIpc) is 2.78. The van der Waals surface area contributed by atoms with Crippen LogP contribution in [0.25, 0.3) is 10.8 Å². The van der Waals surface area contributed by atoms with Gasteiger partial charge in [0.25, 0.3) is 11.8 Å². The first-order valence-electron chi connectivity index (χ1n) is 9.68. The molecule has 32 heavy (non-hydrogen) atoms. The summed E-state index contributed by atoms with van der Waals surface area (Å²) < 4.78 is 38.6. The van der Waals surface area contributed by atoms with Gasteiger partial charge in [0, 0.05) is 22.5 Å². The highest BCUT2D eigenvalue weighted by atomic mass is 19.4. The summed E-state index contributed by atoms with van der Waals surface area (Å²) in [6.07, 6.45) is -4.51. The molecule has 4 aromatic carbocycles. The van der Waals surface area contributed by atoms with Crippen molar-refractivity contribution in [2.75, 3.05) is 10.6 Å². The Balaban J connectivity index is 1.49. The summed E-state index contributed by atoms with van der Waals surface area (Å²) in [5.74, 6) is -0.933. The molecule has 0 saturated carbocycles. The molecule has 0 aliphatic carbocycles. The predicted molar refractivity (Wildman–Crippen MR) is 118 cm³/mol. The number of rotatable bonds is 4. The van der Waals surface area contributed by atoms with Gasteiger partial charge >= 0.3 is 6.18 Å². The molecule has 0 atom stereocenters. The molecule has 2 N–H and O–H groups in total. The van der Waals surface area contributed by atoms with Crippen LogP contribution in [-0.4, -0.2) is 11.8 Å². The number of amides is 2. The minimum atomic E-state index is -4.51. The van der Waals surface area contributed by atoms with Gasteiger partial charge in [-0.1, -0.05) is 42.5 Å². The quantitative estimate of drug-likeness (QED) is 0.393. The second kappa shape index (κ2) is 8.55. The van der Waals surface area contributed by atoms with Crippen LogP contribution >= 0.6 is 0 Å². The average molecular weight is 434 g/mol. The molecule has 4 nitrogen and oxygen atoms in total. The van der Waals surface area contributed by atoms with Crippen LogP contribution < -0.4 is 10.6 Å². The van der Waals surface area contributed by atoms with Gasteiger partial charge in [0.05, 0.1) is 5.56 Å². The standard InChI is InChI=1S/C25H17F3N2O2/c26-25(27,28)20-8-4-10-22(15-20)30-23(31)18-7-3-9-21(14-18)29-24(32)19-12-11-16-5-1-2-6-17(16)13-19/h1-15H,(H,29,32)(H,30,31). The molecule has 0 saturated heterocycles. The molecule has 0 aliphatic rings. The Hall–Kier alpha value is -4.13. The monoisotopic (exact) mass is 434 g/mol. The van der Waals surface area contributed by atoms with Crippen molar-refractivity contribution in [3.63, 3.8) is 0 Å². The number of alkyl halides is 3. The molecule has 0 fully saturated rings. The number of fused-ring (bicyclic) bond motifs is 1. The fraction of sp³-hybridized carbons (Fsp3) is 0.0400. The summed E-state index contributed by atoms with van der Waals surface area (Å²) in [4.78, 5) is 25.2. The van der Waals surface area contributed by atoms with Crippen molar-refractivity contribution in [1.82, 2.24) is 0 Å². The van der Waals surface area contributed by atoms with Gasteiger partial charge in [-0.25, -0.2) is 0 Å². The first-order chi connectivity index (χ1) is 15.3. The van der Waals surface area contributed by atoms with Gasteiger partial charge in [0.2, 0.25) is 0 Å². The Morgan fingerprint density at radius 2 is 1.19 bits per heavy atom. The van der Waals surface area contributed by atoms with E-state index in [-0.39, 0.29) is 17.2 Å².